The Morgan fingerprint density at radius 2 is 2.06 bits per heavy atom. The number of likely N-dealkylation sites (tertiary alicyclic amines) is 1. The second-order valence-corrected chi connectivity index (χ2v) is 5.31. The number of amides is 1. The van der Waals surface area contributed by atoms with Gasteiger partial charge in [-0.15, -0.1) is 0 Å². The van der Waals surface area contributed by atoms with Crippen molar-refractivity contribution in [1.82, 2.24) is 10.2 Å². The molecule has 0 saturated carbocycles. The molecule has 0 aromatic carbocycles. The number of nitrogens with one attached hydrogen (secondary N) is 1. The van der Waals surface area contributed by atoms with Gasteiger partial charge in [0.2, 0.25) is 5.91 Å². The molecule has 1 saturated heterocycles. The first-order valence-electron chi connectivity index (χ1n) is 6.55. The molecule has 16 heavy (non-hydrogen) atoms. The molecule has 1 N–H and O–H groups in total. The summed E-state index contributed by atoms with van der Waals surface area (Å²) < 4.78 is 0. The summed E-state index contributed by atoms with van der Waals surface area (Å²) >= 11 is 0. The number of carbonyl (C=O) groups is 1. The highest BCUT2D eigenvalue weighted by molar-refractivity contribution is 5.76. The SMILES string of the molecule is CNCCC(=O)N1CCC(CC(C)C)CC1.[HH]. The first kappa shape index (κ1) is 13.5. The van der Waals surface area contributed by atoms with Gasteiger partial charge in [0.25, 0.3) is 0 Å². The van der Waals surface area contributed by atoms with Crippen LogP contribution in [0.1, 0.15) is 41.0 Å². The molecule has 1 heterocycles. The molecule has 0 aliphatic carbocycles. The molecule has 1 aliphatic rings. The smallest absolute Gasteiger partial charge is 0.223 e. The van der Waals surface area contributed by atoms with Crippen LogP contribution in [0.5, 0.6) is 0 Å². The van der Waals surface area contributed by atoms with Crippen LogP contribution in [0.15, 0.2) is 0 Å². The summed E-state index contributed by atoms with van der Waals surface area (Å²) in [5.41, 5.74) is 0. The highest BCUT2D eigenvalue weighted by atomic mass is 16.2. The van der Waals surface area contributed by atoms with Crippen molar-refractivity contribution in [2.75, 3.05) is 26.7 Å². The van der Waals surface area contributed by atoms with Crippen LogP contribution in [0, 0.1) is 11.8 Å². The summed E-state index contributed by atoms with van der Waals surface area (Å²) in [5.74, 6) is 1.95. The van der Waals surface area contributed by atoms with Gasteiger partial charge in [0, 0.05) is 27.5 Å². The van der Waals surface area contributed by atoms with E-state index in [0.717, 1.165) is 31.5 Å². The van der Waals surface area contributed by atoms with Crippen LogP contribution < -0.4 is 5.32 Å². The average molecular weight is 228 g/mol. The Morgan fingerprint density at radius 3 is 2.56 bits per heavy atom. The van der Waals surface area contributed by atoms with Gasteiger partial charge in [-0.25, -0.2) is 0 Å². The number of rotatable bonds is 5. The summed E-state index contributed by atoms with van der Waals surface area (Å²) in [6, 6.07) is 0. The zero-order valence-corrected chi connectivity index (χ0v) is 11.0. The lowest BCUT2D eigenvalue weighted by Crippen LogP contribution is -2.39. The van der Waals surface area contributed by atoms with E-state index in [1.165, 1.54) is 19.3 Å². The summed E-state index contributed by atoms with van der Waals surface area (Å²) in [7, 11) is 1.89. The number of hydrogen-bond donors (Lipinski definition) is 1. The highest BCUT2D eigenvalue weighted by Gasteiger charge is 2.22. The van der Waals surface area contributed by atoms with Crippen molar-refractivity contribution in [3.8, 4) is 0 Å². The third-order valence-corrected chi connectivity index (χ3v) is 3.36. The maximum absolute atomic E-state index is 11.8. The van der Waals surface area contributed by atoms with E-state index >= 15 is 0 Å². The van der Waals surface area contributed by atoms with E-state index in [1.54, 1.807) is 0 Å². The van der Waals surface area contributed by atoms with E-state index in [9.17, 15) is 4.79 Å². The number of piperidine rings is 1. The van der Waals surface area contributed by atoms with Gasteiger partial charge in [0.05, 0.1) is 0 Å². The van der Waals surface area contributed by atoms with Crippen molar-refractivity contribution in [2.45, 2.75) is 39.5 Å². The van der Waals surface area contributed by atoms with Crippen LogP contribution in [0.3, 0.4) is 0 Å². The zero-order valence-electron chi connectivity index (χ0n) is 11.0. The number of hydrogen-bond acceptors (Lipinski definition) is 2. The lowest BCUT2D eigenvalue weighted by Gasteiger charge is -2.32. The van der Waals surface area contributed by atoms with Crippen LogP contribution in [0.25, 0.3) is 0 Å². The van der Waals surface area contributed by atoms with Gasteiger partial charge in [-0.3, -0.25) is 4.79 Å². The largest absolute Gasteiger partial charge is 0.343 e. The van der Waals surface area contributed by atoms with Crippen LogP contribution in [0.2, 0.25) is 0 Å². The van der Waals surface area contributed by atoms with Gasteiger partial charge in [-0.2, -0.15) is 0 Å². The molecule has 0 radical (unpaired) electrons. The van der Waals surface area contributed by atoms with Crippen LogP contribution in [-0.2, 0) is 4.79 Å². The molecular formula is C13H28N2O. The Kier molecular flexibility index (Phi) is 5.81. The Bertz CT molecular complexity index is 213. The Morgan fingerprint density at radius 1 is 1.44 bits per heavy atom. The van der Waals surface area contributed by atoms with Gasteiger partial charge in [-0.05, 0) is 38.1 Å². The predicted octanol–water partition coefficient (Wildman–Crippen LogP) is 2.13. The topological polar surface area (TPSA) is 32.3 Å². The van der Waals surface area contributed by atoms with Gasteiger partial charge >= 0.3 is 0 Å². The minimum Gasteiger partial charge on any atom is -0.343 e. The number of nitrogens with zero attached hydrogens (tertiary/aromatic N) is 1. The summed E-state index contributed by atoms with van der Waals surface area (Å²) in [6.07, 6.45) is 4.36. The lowest BCUT2D eigenvalue weighted by atomic mass is 9.88. The molecule has 0 atom stereocenters. The third-order valence-electron chi connectivity index (χ3n) is 3.36. The minimum atomic E-state index is 0. The van der Waals surface area contributed by atoms with E-state index in [4.69, 9.17) is 0 Å². The lowest BCUT2D eigenvalue weighted by molar-refractivity contribution is -0.132. The molecule has 0 aromatic rings. The standard InChI is InChI=1S/C13H26N2O.H2/c1-11(2)10-12-5-8-15(9-6-12)13(16)4-7-14-3;/h11-12,14H,4-10H2,1-3H3;1H. The van der Waals surface area contributed by atoms with Gasteiger partial charge in [0.15, 0.2) is 0 Å². The van der Waals surface area contributed by atoms with Crippen LogP contribution in [-0.4, -0.2) is 37.5 Å². The second kappa shape index (κ2) is 6.89. The average Bonchev–Trinajstić information content (AvgIpc) is 2.26. The Labute approximate surface area is 101 Å². The van der Waals surface area contributed by atoms with Crippen molar-refractivity contribution in [2.24, 2.45) is 11.8 Å². The van der Waals surface area contributed by atoms with Crippen molar-refractivity contribution in [3.05, 3.63) is 0 Å². The van der Waals surface area contributed by atoms with E-state index in [-0.39, 0.29) is 1.43 Å². The van der Waals surface area contributed by atoms with Gasteiger partial charge in [-0.1, -0.05) is 13.8 Å². The number of carbonyl (C=O) groups excluding carboxylic acids is 1. The van der Waals surface area contributed by atoms with Crippen LogP contribution in [0.4, 0.5) is 0 Å². The fraction of sp³-hybridized carbons (Fsp3) is 0.923. The highest BCUT2D eigenvalue weighted by Crippen LogP contribution is 2.24. The summed E-state index contributed by atoms with van der Waals surface area (Å²) in [4.78, 5) is 13.8. The third kappa shape index (κ3) is 4.52. The molecule has 1 fully saturated rings. The molecule has 1 aliphatic heterocycles. The first-order valence-corrected chi connectivity index (χ1v) is 6.55. The molecule has 0 spiro atoms. The fourth-order valence-corrected chi connectivity index (χ4v) is 2.47. The maximum atomic E-state index is 11.8. The maximum Gasteiger partial charge on any atom is 0.223 e. The molecule has 1 amide bonds. The van der Waals surface area contributed by atoms with Crippen molar-refractivity contribution in [1.29, 1.82) is 0 Å². The van der Waals surface area contributed by atoms with Crippen molar-refractivity contribution >= 4 is 5.91 Å². The fourth-order valence-electron chi connectivity index (χ4n) is 2.47. The van der Waals surface area contributed by atoms with Crippen LogP contribution >= 0.6 is 0 Å². The van der Waals surface area contributed by atoms with Gasteiger partial charge < -0.3 is 10.2 Å². The molecule has 3 heteroatoms. The molecule has 3 nitrogen and oxygen atoms in total. The Balaban J connectivity index is 0.00000256. The first-order chi connectivity index (χ1) is 7.63. The summed E-state index contributed by atoms with van der Waals surface area (Å²) in [6.45, 7) is 7.31. The van der Waals surface area contributed by atoms with E-state index in [1.807, 2.05) is 11.9 Å². The molecule has 0 unspecified atom stereocenters. The molecular weight excluding hydrogens is 200 g/mol. The Hall–Kier alpha value is -0.570. The van der Waals surface area contributed by atoms with Gasteiger partial charge in [0.1, 0.15) is 0 Å². The zero-order chi connectivity index (χ0) is 12.0. The molecule has 1 rings (SSSR count). The summed E-state index contributed by atoms with van der Waals surface area (Å²) in [5, 5.41) is 3.03. The normalized spacial score (nSPS) is 18.1. The van der Waals surface area contributed by atoms with E-state index < -0.39 is 0 Å². The minimum absolute atomic E-state index is 0. The van der Waals surface area contributed by atoms with Crippen molar-refractivity contribution in [3.63, 3.8) is 0 Å². The molecule has 0 aromatic heterocycles. The monoisotopic (exact) mass is 228 g/mol. The molecule has 0 bridgehead atoms. The van der Waals surface area contributed by atoms with E-state index in [0.29, 0.717) is 12.3 Å². The second-order valence-electron chi connectivity index (χ2n) is 5.31. The predicted molar refractivity (Wildman–Crippen MR) is 69.4 cm³/mol. The quantitative estimate of drug-likeness (QED) is 0.782. The van der Waals surface area contributed by atoms with Crippen molar-refractivity contribution < 1.29 is 6.22 Å². The molecule has 96 valence electrons. The van der Waals surface area contributed by atoms with E-state index in [2.05, 4.69) is 19.2 Å².